The maximum atomic E-state index is 11.0. The molecule has 1 aliphatic carbocycles. The minimum atomic E-state index is -0.398. The van der Waals surface area contributed by atoms with Gasteiger partial charge in [-0.2, -0.15) is 4.68 Å². The Bertz CT molecular complexity index is 649. The van der Waals surface area contributed by atoms with Gasteiger partial charge in [-0.15, -0.1) is 5.10 Å². The highest BCUT2D eigenvalue weighted by Crippen LogP contribution is 2.24. The number of nitrogens with one attached hydrogen (secondary N) is 1. The second-order valence-corrected chi connectivity index (χ2v) is 4.84. The lowest BCUT2D eigenvalue weighted by atomic mass is 10.1. The van der Waals surface area contributed by atoms with Crippen LogP contribution >= 0.6 is 0 Å². The largest absolute Gasteiger partial charge is 0.307 e. The lowest BCUT2D eigenvalue weighted by molar-refractivity contribution is -0.385. The summed E-state index contributed by atoms with van der Waals surface area (Å²) in [4.78, 5) is 10.6. The summed E-state index contributed by atoms with van der Waals surface area (Å²) in [6, 6.07) is 5.44. The zero-order chi connectivity index (χ0) is 14.1. The third-order valence-electron chi connectivity index (χ3n) is 3.36. The summed E-state index contributed by atoms with van der Waals surface area (Å²) in [5.74, 6) is 0.653. The van der Waals surface area contributed by atoms with Crippen LogP contribution in [-0.2, 0) is 6.54 Å². The van der Waals surface area contributed by atoms with Crippen molar-refractivity contribution in [3.63, 3.8) is 0 Å². The summed E-state index contributed by atoms with van der Waals surface area (Å²) in [5.41, 5.74) is 1.26. The van der Waals surface area contributed by atoms with E-state index in [1.54, 1.807) is 23.7 Å². The lowest BCUT2D eigenvalue weighted by Crippen LogP contribution is -2.19. The number of nitro benzene ring substituents is 1. The second-order valence-electron chi connectivity index (χ2n) is 4.84. The van der Waals surface area contributed by atoms with E-state index >= 15 is 0 Å². The van der Waals surface area contributed by atoms with Crippen LogP contribution in [0.25, 0.3) is 5.69 Å². The van der Waals surface area contributed by atoms with Crippen LogP contribution in [-0.4, -0.2) is 31.2 Å². The highest BCUT2D eigenvalue weighted by atomic mass is 16.6. The Labute approximate surface area is 114 Å². The third-order valence-corrected chi connectivity index (χ3v) is 3.36. The van der Waals surface area contributed by atoms with Gasteiger partial charge in [0.2, 0.25) is 0 Å². The summed E-state index contributed by atoms with van der Waals surface area (Å²) in [5, 5.41) is 25.9. The zero-order valence-electron chi connectivity index (χ0n) is 11.0. The minimum absolute atomic E-state index is 0.0686. The zero-order valence-corrected chi connectivity index (χ0v) is 11.0. The first-order valence-electron chi connectivity index (χ1n) is 6.42. The van der Waals surface area contributed by atoms with E-state index in [2.05, 4.69) is 20.8 Å². The first-order chi connectivity index (χ1) is 9.66. The highest BCUT2D eigenvalue weighted by molar-refractivity contribution is 5.52. The highest BCUT2D eigenvalue weighted by Gasteiger charge is 2.22. The van der Waals surface area contributed by atoms with Crippen LogP contribution in [0, 0.1) is 17.0 Å². The summed E-state index contributed by atoms with van der Waals surface area (Å²) < 4.78 is 1.55. The Morgan fingerprint density at radius 1 is 1.50 bits per heavy atom. The number of hydrogen-bond acceptors (Lipinski definition) is 6. The SMILES string of the molecule is Cc1c(-n2nnnc2CNC2CC2)cccc1[N+](=O)[O-]. The van der Waals surface area contributed by atoms with Crippen LogP contribution in [0.4, 0.5) is 5.69 Å². The molecule has 1 N–H and O–H groups in total. The first-order valence-corrected chi connectivity index (χ1v) is 6.42. The van der Waals surface area contributed by atoms with Crippen molar-refractivity contribution < 1.29 is 4.92 Å². The Balaban J connectivity index is 1.94. The molecule has 2 aromatic rings. The van der Waals surface area contributed by atoms with Crippen molar-refractivity contribution >= 4 is 5.69 Å². The predicted molar refractivity (Wildman–Crippen MR) is 70.4 cm³/mol. The van der Waals surface area contributed by atoms with Gasteiger partial charge < -0.3 is 5.32 Å². The van der Waals surface area contributed by atoms with Gasteiger partial charge in [-0.05, 0) is 36.3 Å². The van der Waals surface area contributed by atoms with Crippen molar-refractivity contribution in [2.45, 2.75) is 32.4 Å². The van der Waals surface area contributed by atoms with Gasteiger partial charge in [-0.3, -0.25) is 10.1 Å². The number of rotatable bonds is 5. The standard InChI is InChI=1S/C12H14N6O2/c1-8-10(3-2-4-11(8)18(19)20)17-12(14-15-16-17)7-13-9-5-6-9/h2-4,9,13H,5-7H2,1H3. The molecule has 0 bridgehead atoms. The maximum absolute atomic E-state index is 11.0. The van der Waals surface area contributed by atoms with Gasteiger partial charge in [0.1, 0.15) is 0 Å². The quantitative estimate of drug-likeness (QED) is 0.648. The number of aromatic nitrogens is 4. The smallest absolute Gasteiger partial charge is 0.274 e. The molecule has 8 nitrogen and oxygen atoms in total. The molecule has 1 heterocycles. The Morgan fingerprint density at radius 2 is 2.30 bits per heavy atom. The molecule has 1 aliphatic rings. The Hall–Kier alpha value is -2.35. The van der Waals surface area contributed by atoms with Crippen molar-refractivity contribution in [1.82, 2.24) is 25.5 Å². The molecule has 0 spiro atoms. The molecular formula is C12H14N6O2. The second kappa shape index (κ2) is 4.97. The van der Waals surface area contributed by atoms with E-state index in [-0.39, 0.29) is 5.69 Å². The van der Waals surface area contributed by atoms with Gasteiger partial charge in [0, 0.05) is 12.1 Å². The topological polar surface area (TPSA) is 98.8 Å². The molecule has 3 rings (SSSR count). The van der Waals surface area contributed by atoms with Gasteiger partial charge >= 0.3 is 0 Å². The fraction of sp³-hybridized carbons (Fsp3) is 0.417. The molecule has 0 amide bonds. The van der Waals surface area contributed by atoms with Gasteiger partial charge in [-0.25, -0.2) is 0 Å². The van der Waals surface area contributed by atoms with Crippen molar-refractivity contribution in [3.8, 4) is 5.69 Å². The fourth-order valence-electron chi connectivity index (χ4n) is 2.07. The summed E-state index contributed by atoms with van der Waals surface area (Å²) in [7, 11) is 0. The van der Waals surface area contributed by atoms with Crippen LogP contribution in [0.1, 0.15) is 24.2 Å². The summed E-state index contributed by atoms with van der Waals surface area (Å²) in [6.07, 6.45) is 2.36. The van der Waals surface area contributed by atoms with Crippen molar-refractivity contribution in [3.05, 3.63) is 39.7 Å². The maximum Gasteiger partial charge on any atom is 0.274 e. The average Bonchev–Trinajstić information content (AvgIpc) is 3.14. The predicted octanol–water partition coefficient (Wildman–Crippen LogP) is 1.13. The molecular weight excluding hydrogens is 260 g/mol. The summed E-state index contributed by atoms with van der Waals surface area (Å²) >= 11 is 0. The van der Waals surface area contributed by atoms with Crippen LogP contribution in [0.5, 0.6) is 0 Å². The van der Waals surface area contributed by atoms with Crippen LogP contribution in [0.3, 0.4) is 0 Å². The van der Waals surface area contributed by atoms with Gasteiger partial charge in [0.15, 0.2) is 5.82 Å². The average molecular weight is 274 g/mol. The molecule has 1 saturated carbocycles. The summed E-state index contributed by atoms with van der Waals surface area (Å²) in [6.45, 7) is 2.26. The van der Waals surface area contributed by atoms with Crippen molar-refractivity contribution in [2.24, 2.45) is 0 Å². The normalized spacial score (nSPS) is 14.4. The molecule has 1 fully saturated rings. The monoisotopic (exact) mass is 274 g/mol. The van der Waals surface area contributed by atoms with E-state index < -0.39 is 4.92 Å². The number of nitro groups is 1. The molecule has 0 atom stereocenters. The van der Waals surface area contributed by atoms with Crippen molar-refractivity contribution in [2.75, 3.05) is 0 Å². The molecule has 0 saturated heterocycles. The molecule has 1 aromatic carbocycles. The first kappa shape index (κ1) is 12.7. The molecule has 104 valence electrons. The molecule has 20 heavy (non-hydrogen) atoms. The van der Waals surface area contributed by atoms with E-state index in [0.29, 0.717) is 29.7 Å². The van der Waals surface area contributed by atoms with E-state index in [4.69, 9.17) is 0 Å². The van der Waals surface area contributed by atoms with E-state index in [0.717, 1.165) is 0 Å². The van der Waals surface area contributed by atoms with Gasteiger partial charge in [0.25, 0.3) is 5.69 Å². The molecule has 0 unspecified atom stereocenters. The number of benzene rings is 1. The van der Waals surface area contributed by atoms with Gasteiger partial charge in [-0.1, -0.05) is 6.07 Å². The molecule has 8 heteroatoms. The number of tetrazole rings is 1. The van der Waals surface area contributed by atoms with Crippen LogP contribution in [0.15, 0.2) is 18.2 Å². The van der Waals surface area contributed by atoms with Gasteiger partial charge in [0.05, 0.1) is 22.7 Å². The van der Waals surface area contributed by atoms with Crippen LogP contribution < -0.4 is 5.32 Å². The number of hydrogen-bond donors (Lipinski definition) is 1. The Kier molecular flexibility index (Phi) is 3.15. The lowest BCUT2D eigenvalue weighted by Gasteiger charge is -2.08. The van der Waals surface area contributed by atoms with E-state index in [1.165, 1.54) is 18.9 Å². The third kappa shape index (κ3) is 2.37. The van der Waals surface area contributed by atoms with E-state index in [1.807, 2.05) is 0 Å². The Morgan fingerprint density at radius 3 is 3.00 bits per heavy atom. The minimum Gasteiger partial charge on any atom is -0.307 e. The van der Waals surface area contributed by atoms with Crippen molar-refractivity contribution in [1.29, 1.82) is 0 Å². The molecule has 0 radical (unpaired) electrons. The van der Waals surface area contributed by atoms with Crippen LogP contribution in [0.2, 0.25) is 0 Å². The molecule has 1 aromatic heterocycles. The number of nitrogens with zero attached hydrogens (tertiary/aromatic N) is 5. The fourth-order valence-corrected chi connectivity index (χ4v) is 2.07. The molecule has 0 aliphatic heterocycles. The van der Waals surface area contributed by atoms with E-state index in [9.17, 15) is 10.1 Å².